The number of nitrogens with zero attached hydrogens (tertiary/aromatic N) is 1. The fourth-order valence-corrected chi connectivity index (χ4v) is 3.22. The van der Waals surface area contributed by atoms with Crippen molar-refractivity contribution in [2.75, 3.05) is 0 Å². The van der Waals surface area contributed by atoms with E-state index in [1.807, 2.05) is 6.92 Å². The van der Waals surface area contributed by atoms with Crippen LogP contribution in [0.1, 0.15) is 30.9 Å². The molecule has 1 aliphatic carbocycles. The SMILES string of the molecule is CCC(Sc1ccc2c(c1)CCC2)C(N)=NO. The maximum absolute atomic E-state index is 8.72. The van der Waals surface area contributed by atoms with Crippen LogP contribution in [-0.2, 0) is 12.8 Å². The average molecular weight is 250 g/mol. The molecule has 0 radical (unpaired) electrons. The van der Waals surface area contributed by atoms with Gasteiger partial charge in [0.25, 0.3) is 0 Å². The number of hydrogen-bond acceptors (Lipinski definition) is 3. The normalized spacial score (nSPS) is 16.9. The maximum Gasteiger partial charge on any atom is 0.152 e. The van der Waals surface area contributed by atoms with Crippen LogP contribution in [0.3, 0.4) is 0 Å². The van der Waals surface area contributed by atoms with Gasteiger partial charge in [0.05, 0.1) is 5.25 Å². The molecular formula is C13H18N2OS. The molecule has 1 aromatic carbocycles. The Morgan fingerprint density at radius 2 is 2.24 bits per heavy atom. The van der Waals surface area contributed by atoms with Gasteiger partial charge in [-0.1, -0.05) is 18.1 Å². The summed E-state index contributed by atoms with van der Waals surface area (Å²) in [6.45, 7) is 2.04. The molecule has 0 spiro atoms. The van der Waals surface area contributed by atoms with E-state index in [0.717, 1.165) is 6.42 Å². The Hall–Kier alpha value is -1.16. The number of oxime groups is 1. The number of nitrogens with two attached hydrogens (primary N) is 1. The van der Waals surface area contributed by atoms with Crippen molar-refractivity contribution < 1.29 is 5.21 Å². The Balaban J connectivity index is 2.13. The lowest BCUT2D eigenvalue weighted by Crippen LogP contribution is -2.25. The average Bonchev–Trinajstić information content (AvgIpc) is 2.82. The molecule has 1 unspecified atom stereocenters. The van der Waals surface area contributed by atoms with Crippen LogP contribution in [0.2, 0.25) is 0 Å². The summed E-state index contributed by atoms with van der Waals surface area (Å²) in [7, 11) is 0. The van der Waals surface area contributed by atoms with Crippen molar-refractivity contribution >= 4 is 17.6 Å². The van der Waals surface area contributed by atoms with Gasteiger partial charge >= 0.3 is 0 Å². The van der Waals surface area contributed by atoms with Gasteiger partial charge in [0.15, 0.2) is 5.84 Å². The van der Waals surface area contributed by atoms with Crippen LogP contribution in [0.5, 0.6) is 0 Å². The summed E-state index contributed by atoms with van der Waals surface area (Å²) in [5, 5.41) is 11.9. The highest BCUT2D eigenvalue weighted by molar-refractivity contribution is 8.00. The monoisotopic (exact) mass is 250 g/mol. The summed E-state index contributed by atoms with van der Waals surface area (Å²) in [6, 6.07) is 6.60. The number of hydrogen-bond donors (Lipinski definition) is 2. The molecule has 0 bridgehead atoms. The minimum absolute atomic E-state index is 0.0550. The van der Waals surface area contributed by atoms with E-state index in [1.54, 1.807) is 11.8 Å². The predicted molar refractivity (Wildman–Crippen MR) is 71.8 cm³/mol. The lowest BCUT2D eigenvalue weighted by molar-refractivity contribution is 0.317. The summed E-state index contributed by atoms with van der Waals surface area (Å²) in [5.41, 5.74) is 8.61. The Bertz CT molecular complexity index is 431. The van der Waals surface area contributed by atoms with Gasteiger partial charge in [0.1, 0.15) is 0 Å². The Morgan fingerprint density at radius 1 is 1.47 bits per heavy atom. The molecule has 0 aromatic heterocycles. The Kier molecular flexibility index (Phi) is 3.94. The van der Waals surface area contributed by atoms with Crippen molar-refractivity contribution in [1.29, 1.82) is 0 Å². The fraction of sp³-hybridized carbons (Fsp3) is 0.462. The van der Waals surface area contributed by atoms with Crippen molar-refractivity contribution in [2.45, 2.75) is 42.8 Å². The minimum Gasteiger partial charge on any atom is -0.409 e. The van der Waals surface area contributed by atoms with E-state index >= 15 is 0 Å². The van der Waals surface area contributed by atoms with Gasteiger partial charge in [-0.3, -0.25) is 0 Å². The first-order chi connectivity index (χ1) is 8.24. The molecule has 0 fully saturated rings. The summed E-state index contributed by atoms with van der Waals surface area (Å²) >= 11 is 1.67. The van der Waals surface area contributed by atoms with Crippen molar-refractivity contribution in [3.63, 3.8) is 0 Å². The third kappa shape index (κ3) is 2.75. The molecule has 4 heteroatoms. The molecule has 0 amide bonds. The highest BCUT2D eigenvalue weighted by Gasteiger charge is 2.16. The zero-order valence-corrected chi connectivity index (χ0v) is 10.8. The first-order valence-electron chi connectivity index (χ1n) is 6.00. The molecular weight excluding hydrogens is 232 g/mol. The second-order valence-electron chi connectivity index (χ2n) is 4.32. The maximum atomic E-state index is 8.72. The standard InChI is InChI=1S/C13H18N2OS/c1-2-12(13(14)15-16)17-11-7-6-9-4-3-5-10(9)8-11/h6-8,12,16H,2-5H2,1H3,(H2,14,15). The van der Waals surface area contributed by atoms with Gasteiger partial charge in [-0.15, -0.1) is 11.8 Å². The van der Waals surface area contributed by atoms with Crippen LogP contribution in [0.4, 0.5) is 0 Å². The highest BCUT2D eigenvalue weighted by atomic mass is 32.2. The van der Waals surface area contributed by atoms with Gasteiger partial charge in [-0.25, -0.2) is 0 Å². The van der Waals surface area contributed by atoms with Crippen LogP contribution in [0.25, 0.3) is 0 Å². The largest absolute Gasteiger partial charge is 0.409 e. The van der Waals surface area contributed by atoms with E-state index < -0.39 is 0 Å². The van der Waals surface area contributed by atoms with Crippen molar-refractivity contribution in [3.8, 4) is 0 Å². The third-order valence-corrected chi connectivity index (χ3v) is 4.55. The van der Waals surface area contributed by atoms with E-state index in [4.69, 9.17) is 10.9 Å². The number of aryl methyl sites for hydroxylation is 2. The molecule has 17 heavy (non-hydrogen) atoms. The molecule has 1 atom stereocenters. The van der Waals surface area contributed by atoms with Crippen LogP contribution in [0.15, 0.2) is 28.3 Å². The van der Waals surface area contributed by atoms with Gasteiger partial charge in [-0.05, 0) is 48.9 Å². The van der Waals surface area contributed by atoms with Gasteiger partial charge in [0.2, 0.25) is 0 Å². The van der Waals surface area contributed by atoms with Crippen molar-refractivity contribution in [2.24, 2.45) is 10.9 Å². The second kappa shape index (κ2) is 5.45. The molecule has 1 aromatic rings. The summed E-state index contributed by atoms with van der Waals surface area (Å²) in [6.07, 6.45) is 4.51. The number of benzene rings is 1. The lowest BCUT2D eigenvalue weighted by atomic mass is 10.1. The third-order valence-electron chi connectivity index (χ3n) is 3.16. The smallest absolute Gasteiger partial charge is 0.152 e. The topological polar surface area (TPSA) is 58.6 Å². The molecule has 1 aliphatic rings. The number of thioether (sulfide) groups is 1. The Labute approximate surface area is 106 Å². The second-order valence-corrected chi connectivity index (χ2v) is 5.60. The van der Waals surface area contributed by atoms with E-state index in [2.05, 4.69) is 23.4 Å². The molecule has 0 saturated carbocycles. The van der Waals surface area contributed by atoms with E-state index in [0.29, 0.717) is 5.84 Å². The number of fused-ring (bicyclic) bond motifs is 1. The molecule has 3 N–H and O–H groups in total. The number of rotatable bonds is 4. The van der Waals surface area contributed by atoms with E-state index in [9.17, 15) is 0 Å². The molecule has 3 nitrogen and oxygen atoms in total. The molecule has 0 heterocycles. The molecule has 2 rings (SSSR count). The van der Waals surface area contributed by atoms with Gasteiger partial charge < -0.3 is 10.9 Å². The zero-order valence-electron chi connectivity index (χ0n) is 10.0. The van der Waals surface area contributed by atoms with Crippen LogP contribution in [0, 0.1) is 0 Å². The first-order valence-corrected chi connectivity index (χ1v) is 6.88. The highest BCUT2D eigenvalue weighted by Crippen LogP contribution is 2.30. The predicted octanol–water partition coefficient (Wildman–Crippen LogP) is 2.79. The van der Waals surface area contributed by atoms with Crippen molar-refractivity contribution in [3.05, 3.63) is 29.3 Å². The Morgan fingerprint density at radius 3 is 2.94 bits per heavy atom. The quantitative estimate of drug-likeness (QED) is 0.284. The van der Waals surface area contributed by atoms with Crippen LogP contribution in [-0.4, -0.2) is 16.3 Å². The van der Waals surface area contributed by atoms with Crippen molar-refractivity contribution in [1.82, 2.24) is 0 Å². The summed E-state index contributed by atoms with van der Waals surface area (Å²) in [4.78, 5) is 1.21. The van der Waals surface area contributed by atoms with Gasteiger partial charge in [-0.2, -0.15) is 0 Å². The summed E-state index contributed by atoms with van der Waals surface area (Å²) in [5.74, 6) is 0.304. The first kappa shape index (κ1) is 12.3. The van der Waals surface area contributed by atoms with E-state index in [-0.39, 0.29) is 5.25 Å². The minimum atomic E-state index is 0.0550. The van der Waals surface area contributed by atoms with Gasteiger partial charge in [0, 0.05) is 4.90 Å². The molecule has 0 saturated heterocycles. The van der Waals surface area contributed by atoms with E-state index in [1.165, 1.54) is 35.3 Å². The lowest BCUT2D eigenvalue weighted by Gasteiger charge is -2.13. The fourth-order valence-electron chi connectivity index (χ4n) is 2.20. The zero-order chi connectivity index (χ0) is 12.3. The van der Waals surface area contributed by atoms with Crippen LogP contribution < -0.4 is 5.73 Å². The molecule has 0 aliphatic heterocycles. The molecule has 92 valence electrons. The number of amidine groups is 1. The summed E-state index contributed by atoms with van der Waals surface area (Å²) < 4.78 is 0. The van der Waals surface area contributed by atoms with Crippen LogP contribution >= 0.6 is 11.8 Å².